The summed E-state index contributed by atoms with van der Waals surface area (Å²) in [7, 11) is 5.82. The zero-order valence-electron chi connectivity index (χ0n) is 16.6. The molecule has 0 saturated carbocycles. The number of carbonyl (C=O) groups is 1. The highest BCUT2D eigenvalue weighted by atomic mass is 16.4. The van der Waals surface area contributed by atoms with Gasteiger partial charge in [0, 0.05) is 49.3 Å². The Bertz CT molecular complexity index is 989. The van der Waals surface area contributed by atoms with Gasteiger partial charge < -0.3 is 14.2 Å². The van der Waals surface area contributed by atoms with Crippen molar-refractivity contribution in [2.75, 3.05) is 39.1 Å². The van der Waals surface area contributed by atoms with Crippen molar-refractivity contribution in [3.8, 4) is 11.5 Å². The maximum absolute atomic E-state index is 12.7. The molecule has 0 aliphatic carbocycles. The van der Waals surface area contributed by atoms with Gasteiger partial charge in [0.05, 0.1) is 0 Å². The number of pyridine rings is 1. The lowest BCUT2D eigenvalue weighted by molar-refractivity contribution is -0.123. The minimum Gasteiger partial charge on any atom is -0.403 e. The van der Waals surface area contributed by atoms with Crippen LogP contribution in [0.15, 0.2) is 34.9 Å². The normalized spacial score (nSPS) is 15.8. The summed E-state index contributed by atoms with van der Waals surface area (Å²) in [6.07, 6.45) is 4.10. The van der Waals surface area contributed by atoms with E-state index in [2.05, 4.69) is 27.1 Å². The van der Waals surface area contributed by atoms with E-state index in [1.54, 1.807) is 4.90 Å². The van der Waals surface area contributed by atoms with Crippen molar-refractivity contribution in [3.05, 3.63) is 36.2 Å². The first-order valence-corrected chi connectivity index (χ1v) is 9.61. The van der Waals surface area contributed by atoms with Crippen LogP contribution in [0.5, 0.6) is 0 Å². The lowest BCUT2D eigenvalue weighted by Gasteiger charge is -2.27. The number of aromatic nitrogens is 3. The molecule has 0 unspecified atom stereocenters. The van der Waals surface area contributed by atoms with E-state index in [0.29, 0.717) is 24.1 Å². The molecule has 0 spiro atoms. The van der Waals surface area contributed by atoms with E-state index < -0.39 is 0 Å². The molecule has 7 heteroatoms. The number of hydrogen-bond donors (Lipinski definition) is 0. The van der Waals surface area contributed by atoms with Gasteiger partial charge in [0.15, 0.2) is 0 Å². The number of hydrogen-bond acceptors (Lipinski definition) is 7. The van der Waals surface area contributed by atoms with E-state index in [-0.39, 0.29) is 5.92 Å². The van der Waals surface area contributed by atoms with Crippen LogP contribution in [-0.4, -0.2) is 60.1 Å². The number of carbonyl (C=O) groups excluding carboxylic acids is 1. The quantitative estimate of drug-likeness (QED) is 0.675. The first-order valence-electron chi connectivity index (χ1n) is 9.61. The molecule has 4 rings (SSSR count). The van der Waals surface area contributed by atoms with Crippen LogP contribution in [0.2, 0.25) is 0 Å². The number of fused-ring (bicyclic) bond motifs is 1. The van der Waals surface area contributed by atoms with E-state index >= 15 is 0 Å². The van der Waals surface area contributed by atoms with Gasteiger partial charge in [0.1, 0.15) is 5.78 Å². The molecule has 1 aliphatic heterocycles. The van der Waals surface area contributed by atoms with Gasteiger partial charge in [0.25, 0.3) is 0 Å². The number of likely N-dealkylation sites (tertiary alicyclic amines) is 1. The predicted octanol–water partition coefficient (Wildman–Crippen LogP) is 2.80. The molecule has 146 valence electrons. The Balaban J connectivity index is 1.54. The van der Waals surface area contributed by atoms with Gasteiger partial charge in [0.2, 0.25) is 5.89 Å². The fourth-order valence-electron chi connectivity index (χ4n) is 3.58. The fraction of sp³-hybridized carbons (Fsp3) is 0.429. The molecular weight excluding hydrogens is 354 g/mol. The SMILES string of the molecule is CN1CCC(C(=O)Cc2cc3cc(-c4nnc(N(C)C)o4)ccc3cn2)CC1. The van der Waals surface area contributed by atoms with Crippen molar-refractivity contribution < 1.29 is 9.21 Å². The van der Waals surface area contributed by atoms with Gasteiger partial charge in [-0.15, -0.1) is 5.10 Å². The summed E-state index contributed by atoms with van der Waals surface area (Å²) < 4.78 is 5.69. The molecule has 0 radical (unpaired) electrons. The third-order valence-corrected chi connectivity index (χ3v) is 5.35. The number of piperidine rings is 1. The molecule has 28 heavy (non-hydrogen) atoms. The lowest BCUT2D eigenvalue weighted by atomic mass is 9.90. The summed E-state index contributed by atoms with van der Waals surface area (Å²) in [5.41, 5.74) is 1.67. The van der Waals surface area contributed by atoms with Crippen molar-refractivity contribution in [1.82, 2.24) is 20.1 Å². The highest BCUT2D eigenvalue weighted by molar-refractivity contribution is 5.88. The average Bonchev–Trinajstić information content (AvgIpc) is 3.18. The lowest BCUT2D eigenvalue weighted by Crippen LogP contribution is -2.34. The van der Waals surface area contributed by atoms with Gasteiger partial charge >= 0.3 is 6.01 Å². The van der Waals surface area contributed by atoms with Gasteiger partial charge in [-0.05, 0) is 56.6 Å². The molecule has 1 aromatic carbocycles. The van der Waals surface area contributed by atoms with Crippen molar-refractivity contribution in [2.45, 2.75) is 19.3 Å². The first-order chi connectivity index (χ1) is 13.5. The summed E-state index contributed by atoms with van der Waals surface area (Å²) in [4.78, 5) is 21.2. The molecule has 0 atom stereocenters. The molecule has 3 aromatic rings. The van der Waals surface area contributed by atoms with Crippen molar-refractivity contribution in [1.29, 1.82) is 0 Å². The second kappa shape index (κ2) is 7.67. The van der Waals surface area contributed by atoms with E-state index in [9.17, 15) is 4.79 Å². The Morgan fingerprint density at radius 1 is 1.18 bits per heavy atom. The largest absolute Gasteiger partial charge is 0.403 e. The van der Waals surface area contributed by atoms with Crippen molar-refractivity contribution in [2.24, 2.45) is 5.92 Å². The maximum Gasteiger partial charge on any atom is 0.317 e. The summed E-state index contributed by atoms with van der Waals surface area (Å²) in [6, 6.07) is 8.40. The summed E-state index contributed by atoms with van der Waals surface area (Å²) in [5.74, 6) is 0.929. The molecule has 1 saturated heterocycles. The number of anilines is 1. The Labute approximate surface area is 164 Å². The summed E-state index contributed by atoms with van der Waals surface area (Å²) in [5, 5.41) is 10.2. The van der Waals surface area contributed by atoms with Crippen LogP contribution < -0.4 is 4.90 Å². The van der Waals surface area contributed by atoms with Crippen LogP contribution in [0.4, 0.5) is 6.01 Å². The van der Waals surface area contributed by atoms with Crippen LogP contribution in [0, 0.1) is 5.92 Å². The third-order valence-electron chi connectivity index (χ3n) is 5.35. The second-order valence-corrected chi connectivity index (χ2v) is 7.74. The van der Waals surface area contributed by atoms with Crippen molar-refractivity contribution >= 4 is 22.6 Å². The Hall–Kier alpha value is -2.80. The summed E-state index contributed by atoms with van der Waals surface area (Å²) >= 11 is 0. The number of Topliss-reactive ketones (excluding diaryl/α,β-unsaturated/α-hetero) is 1. The van der Waals surface area contributed by atoms with Gasteiger partial charge in [-0.25, -0.2) is 0 Å². The van der Waals surface area contributed by atoms with E-state index in [4.69, 9.17) is 4.42 Å². The Kier molecular flexibility index (Phi) is 5.09. The fourth-order valence-corrected chi connectivity index (χ4v) is 3.58. The van der Waals surface area contributed by atoms with Gasteiger partial charge in [-0.1, -0.05) is 11.2 Å². The van der Waals surface area contributed by atoms with E-state index in [1.807, 2.05) is 44.6 Å². The highest BCUT2D eigenvalue weighted by Crippen LogP contribution is 2.26. The molecule has 0 N–H and O–H groups in total. The Morgan fingerprint density at radius 3 is 2.68 bits per heavy atom. The van der Waals surface area contributed by atoms with Crippen LogP contribution in [0.3, 0.4) is 0 Å². The smallest absolute Gasteiger partial charge is 0.317 e. The summed E-state index contributed by atoms with van der Waals surface area (Å²) in [6.45, 7) is 1.98. The van der Waals surface area contributed by atoms with Crippen LogP contribution in [0.1, 0.15) is 18.5 Å². The van der Waals surface area contributed by atoms with Crippen molar-refractivity contribution in [3.63, 3.8) is 0 Å². The molecule has 1 fully saturated rings. The van der Waals surface area contributed by atoms with Gasteiger partial charge in [-0.3, -0.25) is 9.78 Å². The first kappa shape index (κ1) is 18.6. The average molecular weight is 379 g/mol. The monoisotopic (exact) mass is 379 g/mol. The van der Waals surface area contributed by atoms with Crippen LogP contribution in [0.25, 0.3) is 22.2 Å². The molecule has 7 nitrogen and oxygen atoms in total. The molecule has 2 aromatic heterocycles. The standard InChI is InChI=1S/C21H25N5O2/c1-25(2)21-24-23-20(28-21)15-4-5-16-13-22-18(11-17(16)10-15)12-19(27)14-6-8-26(3)9-7-14/h4-5,10-11,13-14H,6-9,12H2,1-3H3. The van der Waals surface area contributed by atoms with E-state index in [0.717, 1.165) is 48.0 Å². The van der Waals surface area contributed by atoms with Gasteiger partial charge in [-0.2, -0.15) is 0 Å². The highest BCUT2D eigenvalue weighted by Gasteiger charge is 2.23. The predicted molar refractivity (Wildman–Crippen MR) is 108 cm³/mol. The number of benzene rings is 1. The minimum absolute atomic E-state index is 0.155. The molecule has 3 heterocycles. The molecule has 0 amide bonds. The third kappa shape index (κ3) is 3.89. The van der Waals surface area contributed by atoms with Crippen LogP contribution >= 0.6 is 0 Å². The molecule has 1 aliphatic rings. The number of rotatable bonds is 5. The Morgan fingerprint density at radius 2 is 1.96 bits per heavy atom. The zero-order valence-corrected chi connectivity index (χ0v) is 16.6. The number of ketones is 1. The zero-order chi connectivity index (χ0) is 19.7. The molecule has 0 bridgehead atoms. The topological polar surface area (TPSA) is 75.4 Å². The molecular formula is C21H25N5O2. The van der Waals surface area contributed by atoms with Crippen LogP contribution in [-0.2, 0) is 11.2 Å². The second-order valence-electron chi connectivity index (χ2n) is 7.74. The number of nitrogens with zero attached hydrogens (tertiary/aromatic N) is 5. The maximum atomic E-state index is 12.7. The minimum atomic E-state index is 0.155. The van der Waals surface area contributed by atoms with E-state index in [1.165, 1.54) is 0 Å².